The summed E-state index contributed by atoms with van der Waals surface area (Å²) in [7, 11) is 0. The van der Waals surface area contributed by atoms with E-state index in [-0.39, 0.29) is 17.8 Å². The van der Waals surface area contributed by atoms with Gasteiger partial charge in [0.2, 0.25) is 0 Å². The van der Waals surface area contributed by atoms with Crippen molar-refractivity contribution in [2.45, 2.75) is 26.5 Å². The number of furan rings is 1. The predicted molar refractivity (Wildman–Crippen MR) is 122 cm³/mol. The molecule has 0 bridgehead atoms. The van der Waals surface area contributed by atoms with Crippen molar-refractivity contribution in [3.05, 3.63) is 100 Å². The molecule has 4 aromatic rings. The SMILES string of the molecule is Cc1cc(OC(C)c2ccccc2)ccc1NC(=O)c1ccc(Cn2cc(Br)cn2)o1. The van der Waals surface area contributed by atoms with Crippen molar-refractivity contribution in [2.24, 2.45) is 0 Å². The van der Waals surface area contributed by atoms with Gasteiger partial charge in [0.1, 0.15) is 17.6 Å². The molecule has 31 heavy (non-hydrogen) atoms. The van der Waals surface area contributed by atoms with Crippen molar-refractivity contribution in [2.75, 3.05) is 5.32 Å². The lowest BCUT2D eigenvalue weighted by atomic mass is 10.1. The number of nitrogens with one attached hydrogen (secondary N) is 1. The fourth-order valence-corrected chi connectivity index (χ4v) is 3.53. The van der Waals surface area contributed by atoms with Crippen LogP contribution in [0.25, 0.3) is 0 Å². The summed E-state index contributed by atoms with van der Waals surface area (Å²) in [5.41, 5.74) is 2.71. The molecule has 0 aliphatic rings. The lowest BCUT2D eigenvalue weighted by Gasteiger charge is -2.16. The summed E-state index contributed by atoms with van der Waals surface area (Å²) in [6, 6.07) is 19.1. The van der Waals surface area contributed by atoms with Gasteiger partial charge in [-0.3, -0.25) is 9.48 Å². The first kappa shape index (κ1) is 20.9. The summed E-state index contributed by atoms with van der Waals surface area (Å²) in [4.78, 5) is 12.6. The molecular weight excluding hydrogens is 458 g/mol. The number of benzene rings is 2. The van der Waals surface area contributed by atoms with E-state index in [1.807, 2.05) is 68.6 Å². The fraction of sp³-hybridized carbons (Fsp3) is 0.167. The molecule has 2 aromatic carbocycles. The van der Waals surface area contributed by atoms with Crippen LogP contribution in [-0.4, -0.2) is 15.7 Å². The van der Waals surface area contributed by atoms with E-state index in [4.69, 9.17) is 9.15 Å². The Balaban J connectivity index is 1.39. The van der Waals surface area contributed by atoms with E-state index in [0.717, 1.165) is 21.3 Å². The number of rotatable bonds is 7. The second-order valence-corrected chi connectivity index (χ2v) is 8.14. The van der Waals surface area contributed by atoms with E-state index in [1.165, 1.54) is 0 Å². The smallest absolute Gasteiger partial charge is 0.291 e. The molecule has 6 nitrogen and oxygen atoms in total. The van der Waals surface area contributed by atoms with E-state index in [0.29, 0.717) is 18.0 Å². The minimum Gasteiger partial charge on any atom is -0.486 e. The quantitative estimate of drug-likeness (QED) is 0.353. The number of nitrogens with zero attached hydrogens (tertiary/aromatic N) is 2. The molecule has 1 unspecified atom stereocenters. The number of amides is 1. The second kappa shape index (κ2) is 9.22. The van der Waals surface area contributed by atoms with Gasteiger partial charge in [0.25, 0.3) is 5.91 Å². The molecule has 1 N–H and O–H groups in total. The third-order valence-electron chi connectivity index (χ3n) is 4.83. The van der Waals surface area contributed by atoms with Crippen LogP contribution in [0.4, 0.5) is 5.69 Å². The molecule has 1 atom stereocenters. The molecule has 7 heteroatoms. The van der Waals surface area contributed by atoms with E-state index in [2.05, 4.69) is 26.3 Å². The molecule has 0 aliphatic carbocycles. The maximum atomic E-state index is 12.6. The molecule has 0 spiro atoms. The number of ether oxygens (including phenoxy) is 1. The van der Waals surface area contributed by atoms with E-state index >= 15 is 0 Å². The molecule has 0 radical (unpaired) electrons. The maximum absolute atomic E-state index is 12.6. The van der Waals surface area contributed by atoms with Gasteiger partial charge in [0, 0.05) is 11.9 Å². The molecule has 0 fully saturated rings. The normalized spacial score (nSPS) is 11.8. The largest absolute Gasteiger partial charge is 0.486 e. The van der Waals surface area contributed by atoms with Crippen LogP contribution >= 0.6 is 15.9 Å². The summed E-state index contributed by atoms with van der Waals surface area (Å²) >= 11 is 3.36. The zero-order valence-electron chi connectivity index (χ0n) is 17.2. The third-order valence-corrected chi connectivity index (χ3v) is 5.24. The monoisotopic (exact) mass is 479 g/mol. The predicted octanol–water partition coefficient (Wildman–Crippen LogP) is 5.99. The number of hydrogen-bond donors (Lipinski definition) is 1. The number of anilines is 1. The van der Waals surface area contributed by atoms with Gasteiger partial charge >= 0.3 is 0 Å². The number of aromatic nitrogens is 2. The summed E-state index contributed by atoms with van der Waals surface area (Å²) in [6.07, 6.45) is 3.47. The van der Waals surface area contributed by atoms with Gasteiger partial charge < -0.3 is 14.5 Å². The van der Waals surface area contributed by atoms with Crippen molar-refractivity contribution in [1.82, 2.24) is 9.78 Å². The Morgan fingerprint density at radius 1 is 1.19 bits per heavy atom. The fourth-order valence-electron chi connectivity index (χ4n) is 3.20. The van der Waals surface area contributed by atoms with E-state index in [9.17, 15) is 4.79 Å². The van der Waals surface area contributed by atoms with Crippen molar-refractivity contribution in [1.29, 1.82) is 0 Å². The highest BCUT2D eigenvalue weighted by Gasteiger charge is 2.14. The average molecular weight is 480 g/mol. The molecule has 2 heterocycles. The highest BCUT2D eigenvalue weighted by atomic mass is 79.9. The number of carbonyl (C=O) groups excluding carboxylic acids is 1. The highest BCUT2D eigenvalue weighted by molar-refractivity contribution is 9.10. The topological polar surface area (TPSA) is 69.3 Å². The molecule has 0 saturated heterocycles. The van der Waals surface area contributed by atoms with E-state index in [1.54, 1.807) is 23.0 Å². The lowest BCUT2D eigenvalue weighted by molar-refractivity contribution is 0.0994. The number of halogens is 1. The van der Waals surface area contributed by atoms with Crippen LogP contribution in [0, 0.1) is 6.92 Å². The molecule has 0 aliphatic heterocycles. The number of carbonyl (C=O) groups is 1. The Labute approximate surface area is 189 Å². The Bertz CT molecular complexity index is 1180. The van der Waals surface area contributed by atoms with E-state index < -0.39 is 0 Å². The molecule has 4 rings (SSSR count). The van der Waals surface area contributed by atoms with Crippen LogP contribution in [0.3, 0.4) is 0 Å². The molecule has 2 aromatic heterocycles. The van der Waals surface area contributed by atoms with Crippen LogP contribution < -0.4 is 10.1 Å². The molecular formula is C24H22BrN3O3. The Hall–Kier alpha value is -3.32. The lowest BCUT2D eigenvalue weighted by Crippen LogP contribution is -2.12. The second-order valence-electron chi connectivity index (χ2n) is 7.22. The summed E-state index contributed by atoms with van der Waals surface area (Å²) in [6.45, 7) is 4.39. The summed E-state index contributed by atoms with van der Waals surface area (Å²) < 4.78 is 14.3. The Kier molecular flexibility index (Phi) is 6.23. The van der Waals surface area contributed by atoms with Crippen LogP contribution in [0.1, 0.15) is 40.5 Å². The van der Waals surface area contributed by atoms with Gasteiger partial charge in [0.15, 0.2) is 5.76 Å². The average Bonchev–Trinajstić information content (AvgIpc) is 3.40. The zero-order valence-corrected chi connectivity index (χ0v) is 18.8. The molecule has 1 amide bonds. The van der Waals surface area contributed by atoms with Gasteiger partial charge in [-0.25, -0.2) is 0 Å². The zero-order chi connectivity index (χ0) is 21.8. The van der Waals surface area contributed by atoms with Crippen molar-refractivity contribution in [3.63, 3.8) is 0 Å². The van der Waals surface area contributed by atoms with Gasteiger partial charge in [-0.15, -0.1) is 0 Å². The van der Waals surface area contributed by atoms with Gasteiger partial charge in [0.05, 0.1) is 17.2 Å². The summed E-state index contributed by atoms with van der Waals surface area (Å²) in [5, 5.41) is 7.09. The van der Waals surface area contributed by atoms with Crippen molar-refractivity contribution >= 4 is 27.5 Å². The Morgan fingerprint density at radius 2 is 2.00 bits per heavy atom. The minimum absolute atomic E-state index is 0.0713. The van der Waals surface area contributed by atoms with Crippen molar-refractivity contribution in [3.8, 4) is 5.75 Å². The van der Waals surface area contributed by atoms with Crippen LogP contribution in [0.5, 0.6) is 5.75 Å². The third kappa shape index (κ3) is 5.24. The number of hydrogen-bond acceptors (Lipinski definition) is 4. The summed E-state index contributed by atoms with van der Waals surface area (Å²) in [5.74, 6) is 1.34. The first-order valence-corrected chi connectivity index (χ1v) is 10.7. The highest BCUT2D eigenvalue weighted by Crippen LogP contribution is 2.26. The number of aryl methyl sites for hydroxylation is 1. The Morgan fingerprint density at radius 3 is 2.71 bits per heavy atom. The first-order chi connectivity index (χ1) is 15.0. The minimum atomic E-state index is -0.303. The van der Waals surface area contributed by atoms with Gasteiger partial charge in [-0.2, -0.15) is 5.10 Å². The van der Waals surface area contributed by atoms with Crippen LogP contribution in [-0.2, 0) is 6.54 Å². The van der Waals surface area contributed by atoms with Crippen LogP contribution in [0.15, 0.2) is 81.9 Å². The first-order valence-electron chi connectivity index (χ1n) is 9.88. The molecule has 0 saturated carbocycles. The van der Waals surface area contributed by atoms with Crippen LogP contribution in [0.2, 0.25) is 0 Å². The molecule has 158 valence electrons. The van der Waals surface area contributed by atoms with Gasteiger partial charge in [-0.05, 0) is 71.2 Å². The maximum Gasteiger partial charge on any atom is 0.291 e. The van der Waals surface area contributed by atoms with Gasteiger partial charge in [-0.1, -0.05) is 30.3 Å². The van der Waals surface area contributed by atoms with Crippen molar-refractivity contribution < 1.29 is 13.9 Å². The standard InChI is InChI=1S/C24H22BrN3O3/c1-16-12-20(30-17(2)18-6-4-3-5-7-18)8-10-22(16)27-24(29)23-11-9-21(31-23)15-28-14-19(25)13-26-28/h3-14,17H,15H2,1-2H3,(H,27,29).